The van der Waals surface area contributed by atoms with Crippen molar-refractivity contribution in [2.24, 2.45) is 0 Å². The number of nitrogens with zero attached hydrogens (tertiary/aromatic N) is 3. The quantitative estimate of drug-likeness (QED) is 0.571. The van der Waals surface area contributed by atoms with Crippen LogP contribution in [0.3, 0.4) is 0 Å². The summed E-state index contributed by atoms with van der Waals surface area (Å²) in [5, 5.41) is 1.86. The zero-order chi connectivity index (χ0) is 23.7. The predicted octanol–water partition coefficient (Wildman–Crippen LogP) is 2.96. The van der Waals surface area contributed by atoms with Crippen LogP contribution in [0, 0.1) is 0 Å². The SMILES string of the molecule is O=C(C1CCCCN1C(=O)c1ccco1)N1CCN(S(=O)(=O)c2ccc3ccccc3c2)CC1. The van der Waals surface area contributed by atoms with Crippen molar-refractivity contribution in [3.63, 3.8) is 0 Å². The Balaban J connectivity index is 1.27. The predicted molar refractivity (Wildman–Crippen MR) is 127 cm³/mol. The van der Waals surface area contributed by atoms with Crippen LogP contribution < -0.4 is 0 Å². The lowest BCUT2D eigenvalue weighted by Gasteiger charge is -2.40. The Bertz CT molecular complexity index is 1300. The van der Waals surface area contributed by atoms with E-state index in [0.29, 0.717) is 26.1 Å². The molecule has 0 spiro atoms. The fourth-order valence-corrected chi connectivity index (χ4v) is 6.27. The molecule has 3 heterocycles. The Kier molecular flexibility index (Phi) is 6.14. The minimum absolute atomic E-state index is 0.123. The van der Waals surface area contributed by atoms with Crippen molar-refractivity contribution in [3.8, 4) is 0 Å². The zero-order valence-electron chi connectivity index (χ0n) is 18.8. The first-order chi connectivity index (χ1) is 16.4. The minimum Gasteiger partial charge on any atom is -0.459 e. The van der Waals surface area contributed by atoms with Crippen molar-refractivity contribution in [3.05, 3.63) is 66.6 Å². The van der Waals surface area contributed by atoms with Crippen LogP contribution in [0.4, 0.5) is 0 Å². The number of likely N-dealkylation sites (tertiary alicyclic amines) is 1. The average molecular weight is 482 g/mol. The van der Waals surface area contributed by atoms with Gasteiger partial charge in [0.2, 0.25) is 15.9 Å². The largest absolute Gasteiger partial charge is 0.459 e. The second kappa shape index (κ2) is 9.23. The second-order valence-corrected chi connectivity index (χ2v) is 10.7. The van der Waals surface area contributed by atoms with Crippen LogP contribution in [0.5, 0.6) is 0 Å². The number of hydrogen-bond acceptors (Lipinski definition) is 5. The van der Waals surface area contributed by atoms with Crippen molar-refractivity contribution >= 4 is 32.6 Å². The molecule has 8 nitrogen and oxygen atoms in total. The number of carbonyl (C=O) groups is 2. The standard InChI is InChI=1S/C25H27N3O5S/c29-24(22-8-3-4-12-28(22)25(30)23-9-5-17-33-23)26-13-15-27(16-14-26)34(31,32)21-11-10-19-6-1-2-7-20(19)18-21/h1-2,5-7,9-11,17-18,22H,3-4,8,12-16H2. The maximum atomic E-state index is 13.3. The Morgan fingerprint density at radius 1 is 0.853 bits per heavy atom. The summed E-state index contributed by atoms with van der Waals surface area (Å²) in [6.07, 6.45) is 3.76. The van der Waals surface area contributed by atoms with Gasteiger partial charge in [-0.2, -0.15) is 4.31 Å². The van der Waals surface area contributed by atoms with Gasteiger partial charge in [-0.25, -0.2) is 8.42 Å². The number of hydrogen-bond donors (Lipinski definition) is 0. The monoisotopic (exact) mass is 481 g/mol. The molecule has 2 aromatic carbocycles. The average Bonchev–Trinajstić information content (AvgIpc) is 3.43. The summed E-state index contributed by atoms with van der Waals surface area (Å²) in [6, 6.07) is 15.5. The van der Waals surface area contributed by atoms with Gasteiger partial charge in [-0.15, -0.1) is 0 Å². The lowest BCUT2D eigenvalue weighted by atomic mass is 10.00. The van der Waals surface area contributed by atoms with Gasteiger partial charge >= 0.3 is 0 Å². The van der Waals surface area contributed by atoms with Gasteiger partial charge in [-0.05, 0) is 54.3 Å². The van der Waals surface area contributed by atoms with Gasteiger partial charge in [-0.1, -0.05) is 30.3 Å². The van der Waals surface area contributed by atoms with Crippen LogP contribution in [0.25, 0.3) is 10.8 Å². The third-order valence-corrected chi connectivity index (χ3v) is 8.58. The highest BCUT2D eigenvalue weighted by Gasteiger charge is 2.38. The Morgan fingerprint density at radius 3 is 2.35 bits per heavy atom. The van der Waals surface area contributed by atoms with E-state index in [1.165, 1.54) is 10.6 Å². The molecule has 1 atom stereocenters. The number of furan rings is 1. The molecule has 34 heavy (non-hydrogen) atoms. The smallest absolute Gasteiger partial charge is 0.290 e. The van der Waals surface area contributed by atoms with Crippen LogP contribution >= 0.6 is 0 Å². The maximum absolute atomic E-state index is 13.3. The number of benzene rings is 2. The van der Waals surface area contributed by atoms with Crippen molar-refractivity contribution in [2.75, 3.05) is 32.7 Å². The highest BCUT2D eigenvalue weighted by molar-refractivity contribution is 7.89. The number of rotatable bonds is 4. The first kappa shape index (κ1) is 22.6. The lowest BCUT2D eigenvalue weighted by Crippen LogP contribution is -2.57. The van der Waals surface area contributed by atoms with Gasteiger partial charge in [0, 0.05) is 32.7 Å². The summed E-state index contributed by atoms with van der Waals surface area (Å²) in [4.78, 5) is 29.8. The highest BCUT2D eigenvalue weighted by atomic mass is 32.2. The van der Waals surface area contributed by atoms with E-state index < -0.39 is 16.1 Å². The van der Waals surface area contributed by atoms with E-state index >= 15 is 0 Å². The molecular weight excluding hydrogens is 454 g/mol. The third kappa shape index (κ3) is 4.21. The fourth-order valence-electron chi connectivity index (χ4n) is 4.81. The van der Waals surface area contributed by atoms with Crippen molar-refractivity contribution in [1.82, 2.24) is 14.1 Å². The first-order valence-corrected chi connectivity index (χ1v) is 13.0. The third-order valence-electron chi connectivity index (χ3n) is 6.69. The number of piperazine rings is 1. The number of amides is 2. The lowest BCUT2D eigenvalue weighted by molar-refractivity contribution is -0.138. The summed E-state index contributed by atoms with van der Waals surface area (Å²) < 4.78 is 33.2. The van der Waals surface area contributed by atoms with E-state index in [9.17, 15) is 18.0 Å². The molecule has 178 valence electrons. The van der Waals surface area contributed by atoms with Crippen molar-refractivity contribution < 1.29 is 22.4 Å². The van der Waals surface area contributed by atoms with E-state index in [4.69, 9.17) is 4.42 Å². The molecular formula is C25H27N3O5S. The van der Waals surface area contributed by atoms with Gasteiger partial charge < -0.3 is 14.2 Å². The molecule has 1 unspecified atom stereocenters. The van der Waals surface area contributed by atoms with E-state index in [1.54, 1.807) is 34.1 Å². The summed E-state index contributed by atoms with van der Waals surface area (Å²) in [5.74, 6) is -0.172. The molecule has 0 aliphatic carbocycles. The molecule has 0 bridgehead atoms. The molecule has 2 saturated heterocycles. The molecule has 0 saturated carbocycles. The molecule has 2 amide bonds. The van der Waals surface area contributed by atoms with E-state index in [2.05, 4.69) is 0 Å². The summed E-state index contributed by atoms with van der Waals surface area (Å²) in [5.41, 5.74) is 0. The normalized spacial score (nSPS) is 19.9. The summed E-state index contributed by atoms with van der Waals surface area (Å²) in [6.45, 7) is 1.54. The van der Waals surface area contributed by atoms with Gasteiger partial charge in [0.1, 0.15) is 6.04 Å². The summed E-state index contributed by atoms with van der Waals surface area (Å²) >= 11 is 0. The van der Waals surface area contributed by atoms with E-state index in [-0.39, 0.29) is 35.6 Å². The summed E-state index contributed by atoms with van der Waals surface area (Å²) in [7, 11) is -3.66. The molecule has 3 aromatic rings. The minimum atomic E-state index is -3.66. The van der Waals surface area contributed by atoms with Crippen LogP contribution in [0.1, 0.15) is 29.8 Å². The number of fused-ring (bicyclic) bond motifs is 1. The Hall–Kier alpha value is -3.17. The first-order valence-electron chi connectivity index (χ1n) is 11.6. The molecule has 2 aliphatic heterocycles. The number of sulfonamides is 1. The van der Waals surface area contributed by atoms with Crippen LogP contribution in [-0.4, -0.2) is 73.1 Å². The van der Waals surface area contributed by atoms with E-state index in [1.807, 2.05) is 30.3 Å². The van der Waals surface area contributed by atoms with Crippen LogP contribution in [0.2, 0.25) is 0 Å². The molecule has 0 N–H and O–H groups in total. The fraction of sp³-hybridized carbons (Fsp3) is 0.360. The van der Waals surface area contributed by atoms with Gasteiger partial charge in [-0.3, -0.25) is 9.59 Å². The van der Waals surface area contributed by atoms with Crippen LogP contribution in [-0.2, 0) is 14.8 Å². The molecule has 1 aromatic heterocycles. The number of carbonyl (C=O) groups excluding carboxylic acids is 2. The second-order valence-electron chi connectivity index (χ2n) is 8.73. The molecule has 0 radical (unpaired) electrons. The highest BCUT2D eigenvalue weighted by Crippen LogP contribution is 2.25. The Labute approximate surface area is 198 Å². The van der Waals surface area contributed by atoms with Crippen LogP contribution in [0.15, 0.2) is 70.2 Å². The molecule has 5 rings (SSSR count). The topological polar surface area (TPSA) is 91.1 Å². The maximum Gasteiger partial charge on any atom is 0.290 e. The van der Waals surface area contributed by atoms with Crippen molar-refractivity contribution in [1.29, 1.82) is 0 Å². The van der Waals surface area contributed by atoms with Gasteiger partial charge in [0.25, 0.3) is 5.91 Å². The Morgan fingerprint density at radius 2 is 1.62 bits per heavy atom. The molecule has 2 fully saturated rings. The van der Waals surface area contributed by atoms with Crippen molar-refractivity contribution in [2.45, 2.75) is 30.2 Å². The van der Waals surface area contributed by atoms with Gasteiger partial charge in [0.05, 0.1) is 11.2 Å². The van der Waals surface area contributed by atoms with E-state index in [0.717, 1.165) is 23.6 Å². The zero-order valence-corrected chi connectivity index (χ0v) is 19.6. The number of piperidine rings is 1. The van der Waals surface area contributed by atoms with Gasteiger partial charge in [0.15, 0.2) is 5.76 Å². The molecule has 2 aliphatic rings. The molecule has 9 heteroatoms.